The number of hydrogen-bond donors (Lipinski definition) is 1. The molecule has 0 aliphatic heterocycles. The van der Waals surface area contributed by atoms with Crippen molar-refractivity contribution < 1.29 is 22.7 Å². The fourth-order valence-electron chi connectivity index (χ4n) is 1.28. The minimum atomic E-state index is -3.97. The van der Waals surface area contributed by atoms with Gasteiger partial charge >= 0.3 is 5.97 Å². The van der Waals surface area contributed by atoms with E-state index in [9.17, 15) is 13.2 Å². The molecular formula is C11H15NO5S. The Morgan fingerprint density at radius 2 is 2.11 bits per heavy atom. The Morgan fingerprint density at radius 1 is 1.44 bits per heavy atom. The van der Waals surface area contributed by atoms with Crippen molar-refractivity contribution in [2.45, 2.75) is 17.2 Å². The number of carbonyl (C=O) groups excluding carboxylic acids is 1. The van der Waals surface area contributed by atoms with E-state index in [1.165, 1.54) is 25.3 Å². The fourth-order valence-corrected chi connectivity index (χ4v) is 2.44. The number of rotatable bonds is 5. The van der Waals surface area contributed by atoms with E-state index in [0.717, 1.165) is 0 Å². The van der Waals surface area contributed by atoms with Gasteiger partial charge in [0, 0.05) is 0 Å². The minimum absolute atomic E-state index is 0.0696. The Balaban J connectivity index is 3.08. The molecule has 0 aliphatic carbocycles. The average molecular weight is 273 g/mol. The maximum absolute atomic E-state index is 12.0. The number of hydrogen-bond acceptors (Lipinski definition) is 6. The fraction of sp³-hybridized carbons (Fsp3) is 0.364. The lowest BCUT2D eigenvalue weighted by atomic mass is 10.3. The Morgan fingerprint density at radius 3 is 2.67 bits per heavy atom. The molecule has 0 saturated heterocycles. The Labute approximate surface area is 106 Å². The third-order valence-electron chi connectivity index (χ3n) is 2.22. The van der Waals surface area contributed by atoms with E-state index in [0.29, 0.717) is 5.75 Å². The molecule has 6 nitrogen and oxygen atoms in total. The van der Waals surface area contributed by atoms with Gasteiger partial charge in [-0.25, -0.2) is 13.2 Å². The summed E-state index contributed by atoms with van der Waals surface area (Å²) in [5, 5.41) is -1.73. The molecule has 1 atom stereocenters. The Kier molecular flexibility index (Phi) is 4.69. The summed E-state index contributed by atoms with van der Waals surface area (Å²) in [4.78, 5) is 11.3. The molecule has 100 valence electrons. The molecule has 0 heterocycles. The third-order valence-corrected chi connectivity index (χ3v) is 3.99. The summed E-state index contributed by atoms with van der Waals surface area (Å²) in [5.41, 5.74) is 5.40. The van der Waals surface area contributed by atoms with Gasteiger partial charge in [0.2, 0.25) is 15.2 Å². The molecule has 0 saturated carbocycles. The molecular weight excluding hydrogens is 258 g/mol. The highest BCUT2D eigenvalue weighted by atomic mass is 32.2. The number of carbonyl (C=O) groups is 1. The van der Waals surface area contributed by atoms with Crippen molar-refractivity contribution in [3.05, 3.63) is 24.3 Å². The molecule has 1 aromatic carbocycles. The van der Waals surface area contributed by atoms with Crippen LogP contribution in [0.15, 0.2) is 29.2 Å². The lowest BCUT2D eigenvalue weighted by Crippen LogP contribution is -2.39. The topological polar surface area (TPSA) is 95.7 Å². The van der Waals surface area contributed by atoms with Gasteiger partial charge in [-0.3, -0.25) is 0 Å². The highest BCUT2D eigenvalue weighted by Gasteiger charge is 2.31. The summed E-state index contributed by atoms with van der Waals surface area (Å²) in [6, 6.07) is 5.74. The van der Waals surface area contributed by atoms with Crippen molar-refractivity contribution in [3.8, 4) is 5.75 Å². The van der Waals surface area contributed by atoms with E-state index in [1.54, 1.807) is 13.0 Å². The molecule has 0 spiro atoms. The molecule has 0 bridgehead atoms. The van der Waals surface area contributed by atoms with E-state index in [-0.39, 0.29) is 11.5 Å². The van der Waals surface area contributed by atoms with Crippen LogP contribution in [0.2, 0.25) is 0 Å². The molecule has 0 amide bonds. The third kappa shape index (κ3) is 2.99. The van der Waals surface area contributed by atoms with E-state index >= 15 is 0 Å². The van der Waals surface area contributed by atoms with Crippen LogP contribution in [0, 0.1) is 0 Å². The summed E-state index contributed by atoms with van der Waals surface area (Å²) in [7, 11) is -2.56. The first kappa shape index (κ1) is 14.5. The van der Waals surface area contributed by atoms with E-state index in [1.807, 2.05) is 0 Å². The van der Waals surface area contributed by atoms with Crippen LogP contribution in [0.25, 0.3) is 0 Å². The van der Waals surface area contributed by atoms with Gasteiger partial charge in [0.05, 0.1) is 18.6 Å². The first-order valence-corrected chi connectivity index (χ1v) is 6.78. The maximum Gasteiger partial charge on any atom is 0.339 e. The molecule has 1 aromatic rings. The van der Waals surface area contributed by atoms with Crippen LogP contribution in [0.4, 0.5) is 0 Å². The summed E-state index contributed by atoms with van der Waals surface area (Å²) >= 11 is 0. The molecule has 18 heavy (non-hydrogen) atoms. The van der Waals surface area contributed by atoms with Gasteiger partial charge in [-0.1, -0.05) is 6.07 Å². The van der Waals surface area contributed by atoms with Gasteiger partial charge in [0.15, 0.2) is 0 Å². The number of esters is 1. The van der Waals surface area contributed by atoms with Crippen LogP contribution < -0.4 is 10.5 Å². The van der Waals surface area contributed by atoms with Crippen LogP contribution in [0.1, 0.15) is 6.92 Å². The minimum Gasteiger partial charge on any atom is -0.497 e. The van der Waals surface area contributed by atoms with E-state index < -0.39 is 21.2 Å². The van der Waals surface area contributed by atoms with Gasteiger partial charge in [0.1, 0.15) is 5.75 Å². The Bertz CT molecular complexity index is 526. The largest absolute Gasteiger partial charge is 0.497 e. The molecule has 0 aliphatic rings. The maximum atomic E-state index is 12.0. The second-order valence-electron chi connectivity index (χ2n) is 3.40. The van der Waals surface area contributed by atoms with Crippen LogP contribution in [0.3, 0.4) is 0 Å². The van der Waals surface area contributed by atoms with Crippen LogP contribution in [0.5, 0.6) is 5.75 Å². The second kappa shape index (κ2) is 5.83. The van der Waals surface area contributed by atoms with Crippen LogP contribution >= 0.6 is 0 Å². The van der Waals surface area contributed by atoms with Crippen LogP contribution in [-0.2, 0) is 19.4 Å². The normalized spacial score (nSPS) is 12.8. The highest BCUT2D eigenvalue weighted by Crippen LogP contribution is 2.20. The van der Waals surface area contributed by atoms with Crippen molar-refractivity contribution in [3.63, 3.8) is 0 Å². The number of benzene rings is 1. The number of ether oxygens (including phenoxy) is 2. The van der Waals surface area contributed by atoms with Crippen molar-refractivity contribution in [1.82, 2.24) is 0 Å². The zero-order valence-corrected chi connectivity index (χ0v) is 10.9. The number of sulfone groups is 1. The smallest absolute Gasteiger partial charge is 0.339 e. The Hall–Kier alpha value is -1.60. The molecule has 0 fully saturated rings. The molecule has 1 rings (SSSR count). The van der Waals surface area contributed by atoms with E-state index in [2.05, 4.69) is 4.74 Å². The van der Waals surface area contributed by atoms with Crippen molar-refractivity contribution in [1.29, 1.82) is 0 Å². The lowest BCUT2D eigenvalue weighted by Gasteiger charge is -2.12. The van der Waals surface area contributed by atoms with Crippen LogP contribution in [-0.4, -0.2) is 33.5 Å². The van der Waals surface area contributed by atoms with Gasteiger partial charge < -0.3 is 15.2 Å². The first-order valence-electron chi connectivity index (χ1n) is 5.23. The summed E-state index contributed by atoms with van der Waals surface area (Å²) in [5.74, 6) is -0.604. The predicted octanol–water partition coefficient (Wildman–Crippen LogP) is 0.317. The van der Waals surface area contributed by atoms with Gasteiger partial charge in [-0.05, 0) is 25.1 Å². The summed E-state index contributed by atoms with van der Waals surface area (Å²) in [6.45, 7) is 1.64. The average Bonchev–Trinajstić information content (AvgIpc) is 2.38. The molecule has 0 aromatic heterocycles. The van der Waals surface area contributed by atoms with Gasteiger partial charge in [-0.2, -0.15) is 0 Å². The molecule has 1 unspecified atom stereocenters. The monoisotopic (exact) mass is 273 g/mol. The summed E-state index contributed by atoms with van der Waals surface area (Å²) < 4.78 is 33.6. The van der Waals surface area contributed by atoms with E-state index in [4.69, 9.17) is 10.5 Å². The van der Waals surface area contributed by atoms with Gasteiger partial charge in [0.25, 0.3) is 0 Å². The molecule has 7 heteroatoms. The number of nitrogens with two attached hydrogens (primary N) is 1. The lowest BCUT2D eigenvalue weighted by molar-refractivity contribution is -0.142. The zero-order chi connectivity index (χ0) is 13.8. The van der Waals surface area contributed by atoms with Gasteiger partial charge in [-0.15, -0.1) is 0 Å². The quantitative estimate of drug-likeness (QED) is 0.776. The SMILES string of the molecule is CCOC(=O)C(N)S(=O)(=O)c1cccc(OC)c1. The van der Waals surface area contributed by atoms with Crippen molar-refractivity contribution in [2.75, 3.05) is 13.7 Å². The standard InChI is InChI=1S/C11H15NO5S/c1-3-17-11(13)10(12)18(14,15)9-6-4-5-8(7-9)16-2/h4-7,10H,3,12H2,1-2H3. The van der Waals surface area contributed by atoms with Crippen molar-refractivity contribution >= 4 is 15.8 Å². The number of methoxy groups -OCH3 is 1. The molecule has 2 N–H and O–H groups in total. The summed E-state index contributed by atoms with van der Waals surface area (Å²) in [6.07, 6.45) is 0. The second-order valence-corrected chi connectivity index (χ2v) is 5.47. The van der Waals surface area contributed by atoms with Crippen molar-refractivity contribution in [2.24, 2.45) is 5.73 Å². The highest BCUT2D eigenvalue weighted by molar-refractivity contribution is 7.92. The zero-order valence-electron chi connectivity index (χ0n) is 10.1. The first-order chi connectivity index (χ1) is 8.43. The molecule has 0 radical (unpaired) electrons. The predicted molar refractivity (Wildman–Crippen MR) is 64.8 cm³/mol.